The summed E-state index contributed by atoms with van der Waals surface area (Å²) >= 11 is 0. The highest BCUT2D eigenvalue weighted by molar-refractivity contribution is 5.87. The number of carboxylic acids is 1. The van der Waals surface area contributed by atoms with Crippen LogP contribution in [0.3, 0.4) is 0 Å². The Hall–Kier alpha value is -3.69. The Bertz CT molecular complexity index is 1000. The van der Waals surface area contributed by atoms with E-state index in [1.807, 2.05) is 0 Å². The Balaban J connectivity index is 1.99. The molecule has 2 heterocycles. The number of carbonyl (C=O) groups is 1. The molecular formula is C16H17N7O3. The summed E-state index contributed by atoms with van der Waals surface area (Å²) in [7, 11) is 0. The van der Waals surface area contributed by atoms with Crippen LogP contribution in [0.2, 0.25) is 0 Å². The van der Waals surface area contributed by atoms with Crippen molar-refractivity contribution in [2.45, 2.75) is 19.4 Å². The maximum Gasteiger partial charge on any atom is 0.347 e. The van der Waals surface area contributed by atoms with Gasteiger partial charge in [-0.2, -0.15) is 9.97 Å². The molecule has 0 aliphatic heterocycles. The maximum absolute atomic E-state index is 11.1. The first kappa shape index (κ1) is 17.1. The number of hydrogen-bond acceptors (Lipinski definition) is 9. The number of hydrogen-bond donors (Lipinski definition) is 4. The van der Waals surface area contributed by atoms with E-state index < -0.39 is 11.6 Å². The van der Waals surface area contributed by atoms with Crippen molar-refractivity contribution in [3.8, 4) is 17.0 Å². The fourth-order valence-corrected chi connectivity index (χ4v) is 2.23. The van der Waals surface area contributed by atoms with E-state index >= 15 is 0 Å². The molecule has 0 spiro atoms. The van der Waals surface area contributed by atoms with Crippen molar-refractivity contribution in [1.29, 1.82) is 0 Å². The number of aromatic nitrogens is 4. The number of nitrogen functional groups attached to an aromatic ring is 3. The molecule has 0 bridgehead atoms. The van der Waals surface area contributed by atoms with Gasteiger partial charge in [-0.1, -0.05) is 0 Å². The van der Waals surface area contributed by atoms with E-state index in [1.165, 1.54) is 13.8 Å². The smallest absolute Gasteiger partial charge is 0.347 e. The van der Waals surface area contributed by atoms with Gasteiger partial charge in [0.1, 0.15) is 11.4 Å². The van der Waals surface area contributed by atoms with Crippen molar-refractivity contribution in [1.82, 2.24) is 19.9 Å². The molecule has 3 rings (SSSR count). The molecule has 0 unspecified atom stereocenters. The highest BCUT2D eigenvalue weighted by Crippen LogP contribution is 2.28. The molecule has 1 aromatic carbocycles. The third-order valence-corrected chi connectivity index (χ3v) is 3.62. The molecule has 0 amide bonds. The summed E-state index contributed by atoms with van der Waals surface area (Å²) in [6.45, 7) is 2.93. The molecule has 0 aliphatic rings. The van der Waals surface area contributed by atoms with Crippen LogP contribution in [0.4, 0.5) is 17.6 Å². The van der Waals surface area contributed by atoms with Gasteiger partial charge in [0.05, 0.1) is 0 Å². The van der Waals surface area contributed by atoms with Crippen molar-refractivity contribution in [3.63, 3.8) is 0 Å². The van der Waals surface area contributed by atoms with Crippen molar-refractivity contribution in [2.75, 3.05) is 17.2 Å². The lowest BCUT2D eigenvalue weighted by molar-refractivity contribution is -0.152. The number of carboxylic acid groups (broad SMARTS) is 1. The van der Waals surface area contributed by atoms with Crippen LogP contribution in [0.5, 0.6) is 5.75 Å². The predicted octanol–water partition coefficient (Wildman–Crippen LogP) is 1.08. The van der Waals surface area contributed by atoms with Crippen LogP contribution in [0.1, 0.15) is 13.8 Å². The van der Waals surface area contributed by atoms with Crippen LogP contribution in [-0.2, 0) is 4.79 Å². The molecule has 134 valence electrons. The number of nitrogens with zero attached hydrogens (tertiary/aromatic N) is 4. The summed E-state index contributed by atoms with van der Waals surface area (Å²) in [5.74, 6) is -0.442. The zero-order valence-electron chi connectivity index (χ0n) is 14.1. The number of fused-ring (bicyclic) bond motifs is 1. The lowest BCUT2D eigenvalue weighted by atomic mass is 10.1. The molecule has 7 N–H and O–H groups in total. The third-order valence-electron chi connectivity index (χ3n) is 3.62. The van der Waals surface area contributed by atoms with E-state index in [0.717, 1.165) is 0 Å². The van der Waals surface area contributed by atoms with E-state index in [1.54, 1.807) is 24.3 Å². The van der Waals surface area contributed by atoms with Gasteiger partial charge < -0.3 is 27.0 Å². The minimum absolute atomic E-state index is 0.0148. The Morgan fingerprint density at radius 1 is 1.00 bits per heavy atom. The lowest BCUT2D eigenvalue weighted by Gasteiger charge is -2.21. The minimum Gasteiger partial charge on any atom is -0.478 e. The summed E-state index contributed by atoms with van der Waals surface area (Å²) in [6, 6.07) is 6.62. The van der Waals surface area contributed by atoms with Gasteiger partial charge in [0, 0.05) is 5.56 Å². The van der Waals surface area contributed by atoms with Crippen molar-refractivity contribution < 1.29 is 14.6 Å². The Morgan fingerprint density at radius 2 is 1.65 bits per heavy atom. The molecule has 3 aromatic rings. The molecule has 0 aliphatic carbocycles. The first-order valence-electron chi connectivity index (χ1n) is 7.56. The summed E-state index contributed by atoms with van der Waals surface area (Å²) in [5.41, 5.74) is 17.5. The van der Waals surface area contributed by atoms with Crippen molar-refractivity contribution >= 4 is 34.7 Å². The van der Waals surface area contributed by atoms with Crippen LogP contribution in [0.25, 0.3) is 22.4 Å². The quantitative estimate of drug-likeness (QED) is 0.529. The second-order valence-electron chi connectivity index (χ2n) is 6.04. The topological polar surface area (TPSA) is 176 Å². The molecule has 10 nitrogen and oxygen atoms in total. The first-order chi connectivity index (χ1) is 12.2. The highest BCUT2D eigenvalue weighted by Gasteiger charge is 2.29. The number of rotatable bonds is 4. The average molecular weight is 355 g/mol. The Labute approximate surface area is 148 Å². The summed E-state index contributed by atoms with van der Waals surface area (Å²) < 4.78 is 5.47. The van der Waals surface area contributed by atoms with Crippen molar-refractivity contribution in [2.24, 2.45) is 0 Å². The first-order valence-corrected chi connectivity index (χ1v) is 7.56. The van der Waals surface area contributed by atoms with Gasteiger partial charge in [0.2, 0.25) is 5.95 Å². The van der Waals surface area contributed by atoms with E-state index in [9.17, 15) is 4.79 Å². The molecule has 2 aromatic heterocycles. The number of nitrogens with two attached hydrogens (primary N) is 3. The second-order valence-corrected chi connectivity index (χ2v) is 6.04. The number of benzene rings is 1. The summed E-state index contributed by atoms with van der Waals surface area (Å²) in [4.78, 5) is 27.5. The summed E-state index contributed by atoms with van der Waals surface area (Å²) in [6.07, 6.45) is 0. The Morgan fingerprint density at radius 3 is 2.27 bits per heavy atom. The van der Waals surface area contributed by atoms with Gasteiger partial charge in [0.25, 0.3) is 0 Å². The average Bonchev–Trinajstić information content (AvgIpc) is 2.54. The molecule has 0 radical (unpaired) electrons. The van der Waals surface area contributed by atoms with Crippen LogP contribution in [0, 0.1) is 0 Å². The van der Waals surface area contributed by atoms with Crippen LogP contribution in [0.15, 0.2) is 24.3 Å². The largest absolute Gasteiger partial charge is 0.478 e. The zero-order valence-corrected chi connectivity index (χ0v) is 14.1. The Kier molecular flexibility index (Phi) is 3.95. The van der Waals surface area contributed by atoms with Gasteiger partial charge >= 0.3 is 5.97 Å². The summed E-state index contributed by atoms with van der Waals surface area (Å²) in [5, 5.41) is 9.13. The molecule has 0 fully saturated rings. The number of anilines is 3. The molecular weight excluding hydrogens is 338 g/mol. The molecule has 10 heteroatoms. The molecule has 0 saturated heterocycles. The fraction of sp³-hybridized carbons (Fsp3) is 0.188. The maximum atomic E-state index is 11.1. The van der Waals surface area contributed by atoms with E-state index in [0.29, 0.717) is 17.0 Å². The van der Waals surface area contributed by atoms with Gasteiger partial charge in [0.15, 0.2) is 28.4 Å². The highest BCUT2D eigenvalue weighted by atomic mass is 16.5. The van der Waals surface area contributed by atoms with E-state index in [4.69, 9.17) is 27.0 Å². The van der Waals surface area contributed by atoms with Gasteiger partial charge in [-0.25, -0.2) is 14.8 Å². The standard InChI is InChI=1S/C16H17N7O3/c1-16(2,14(24)25)26-8-5-3-7(4-6-8)9-11(17)21-13-10(20-9)12(18)22-15(19)23-13/h3-6H,1-2H3,(H,24,25)(H6,17,18,19,21,22,23). The van der Waals surface area contributed by atoms with Gasteiger partial charge in [-0.3, -0.25) is 0 Å². The van der Waals surface area contributed by atoms with Crippen molar-refractivity contribution in [3.05, 3.63) is 24.3 Å². The third kappa shape index (κ3) is 3.11. The van der Waals surface area contributed by atoms with E-state index in [2.05, 4.69) is 19.9 Å². The van der Waals surface area contributed by atoms with Crippen LogP contribution in [-0.4, -0.2) is 36.6 Å². The molecule has 0 saturated carbocycles. The zero-order chi connectivity index (χ0) is 19.1. The normalized spacial score (nSPS) is 11.5. The van der Waals surface area contributed by atoms with Crippen LogP contribution >= 0.6 is 0 Å². The number of aliphatic carboxylic acids is 1. The number of ether oxygens (including phenoxy) is 1. The minimum atomic E-state index is -1.35. The SMILES string of the molecule is CC(C)(Oc1ccc(-c2nc3c(N)nc(N)nc3nc2N)cc1)C(=O)O. The van der Waals surface area contributed by atoms with Gasteiger partial charge in [-0.15, -0.1) is 0 Å². The molecule has 0 atom stereocenters. The monoisotopic (exact) mass is 355 g/mol. The molecule has 26 heavy (non-hydrogen) atoms. The van der Waals surface area contributed by atoms with Crippen LogP contribution < -0.4 is 21.9 Å². The fourth-order valence-electron chi connectivity index (χ4n) is 2.23. The van der Waals surface area contributed by atoms with Gasteiger partial charge in [-0.05, 0) is 38.1 Å². The predicted molar refractivity (Wildman–Crippen MR) is 96.1 cm³/mol. The second kappa shape index (κ2) is 5.99. The van der Waals surface area contributed by atoms with E-state index in [-0.39, 0.29) is 28.7 Å². The lowest BCUT2D eigenvalue weighted by Crippen LogP contribution is -2.37.